The average molecular weight is 631 g/mol. The SMILES string of the molecule is CC(C)(C)NC(=O)N(CC(O)[C@H](Cc1ccccc1)NC(=O)[C@H](CC(N)=O)NC(=O)c1ccc2ccccc2n1)C1CCCCC1. The van der Waals surface area contributed by atoms with Gasteiger partial charge in [-0.15, -0.1) is 0 Å². The largest absolute Gasteiger partial charge is 0.389 e. The van der Waals surface area contributed by atoms with Crippen molar-refractivity contribution in [2.45, 2.75) is 95.5 Å². The van der Waals surface area contributed by atoms with Crippen LogP contribution in [0.5, 0.6) is 0 Å². The second-order valence-electron chi connectivity index (χ2n) is 13.1. The van der Waals surface area contributed by atoms with Gasteiger partial charge < -0.3 is 31.7 Å². The number of primary amides is 1. The van der Waals surface area contributed by atoms with Gasteiger partial charge in [-0.2, -0.15) is 0 Å². The molecule has 3 aromatic rings. The fourth-order valence-electron chi connectivity index (χ4n) is 5.78. The van der Waals surface area contributed by atoms with E-state index in [4.69, 9.17) is 5.73 Å². The zero-order chi connectivity index (χ0) is 33.3. The van der Waals surface area contributed by atoms with Crippen molar-refractivity contribution in [1.82, 2.24) is 25.8 Å². The minimum Gasteiger partial charge on any atom is -0.389 e. The van der Waals surface area contributed by atoms with E-state index in [9.17, 15) is 24.3 Å². The van der Waals surface area contributed by atoms with Gasteiger partial charge in [-0.3, -0.25) is 14.4 Å². The number of fused-ring (bicyclic) bond motifs is 1. The number of aliphatic hydroxyl groups excluding tert-OH is 1. The highest BCUT2D eigenvalue weighted by Gasteiger charge is 2.34. The molecule has 246 valence electrons. The number of urea groups is 1. The Morgan fingerprint density at radius 1 is 0.935 bits per heavy atom. The van der Waals surface area contributed by atoms with E-state index in [0.29, 0.717) is 5.52 Å². The maximum Gasteiger partial charge on any atom is 0.318 e. The first-order chi connectivity index (χ1) is 21.9. The van der Waals surface area contributed by atoms with E-state index >= 15 is 0 Å². The van der Waals surface area contributed by atoms with Gasteiger partial charge in [-0.25, -0.2) is 9.78 Å². The van der Waals surface area contributed by atoms with Gasteiger partial charge in [-0.1, -0.05) is 73.9 Å². The first kappa shape index (κ1) is 34.4. The van der Waals surface area contributed by atoms with Crippen LogP contribution in [-0.4, -0.2) is 75.1 Å². The molecule has 1 aliphatic carbocycles. The molecule has 1 aromatic heterocycles. The minimum atomic E-state index is -1.32. The highest BCUT2D eigenvalue weighted by atomic mass is 16.3. The van der Waals surface area contributed by atoms with Crippen LogP contribution in [0.1, 0.15) is 75.3 Å². The molecule has 0 aliphatic heterocycles. The summed E-state index contributed by atoms with van der Waals surface area (Å²) in [4.78, 5) is 58.5. The van der Waals surface area contributed by atoms with Gasteiger partial charge in [-0.05, 0) is 57.7 Å². The molecule has 0 bridgehead atoms. The van der Waals surface area contributed by atoms with E-state index in [1.807, 2.05) is 63.2 Å². The lowest BCUT2D eigenvalue weighted by molar-refractivity contribution is -0.128. The Bertz CT molecular complexity index is 1500. The van der Waals surface area contributed by atoms with E-state index < -0.39 is 47.9 Å². The molecule has 3 atom stereocenters. The second-order valence-corrected chi connectivity index (χ2v) is 13.1. The Kier molecular flexibility index (Phi) is 11.7. The lowest BCUT2D eigenvalue weighted by Crippen LogP contribution is -2.59. The Morgan fingerprint density at radius 2 is 1.61 bits per heavy atom. The molecular weight excluding hydrogens is 584 g/mol. The van der Waals surface area contributed by atoms with Crippen LogP contribution in [0.4, 0.5) is 4.79 Å². The first-order valence-electron chi connectivity index (χ1n) is 16.0. The number of nitrogens with zero attached hydrogens (tertiary/aromatic N) is 2. The molecule has 0 radical (unpaired) electrons. The predicted octanol–water partition coefficient (Wildman–Crippen LogP) is 3.44. The summed E-state index contributed by atoms with van der Waals surface area (Å²) in [5.41, 5.74) is 6.54. The number of hydrogen-bond acceptors (Lipinski definition) is 6. The molecule has 0 spiro atoms. The van der Waals surface area contributed by atoms with Crippen LogP contribution in [0.2, 0.25) is 0 Å². The van der Waals surface area contributed by atoms with Crippen molar-refractivity contribution in [3.05, 3.63) is 78.0 Å². The normalized spacial score (nSPS) is 15.7. The number of nitrogens with one attached hydrogen (secondary N) is 3. The van der Waals surface area contributed by atoms with Crippen LogP contribution >= 0.6 is 0 Å². The third kappa shape index (κ3) is 10.00. The van der Waals surface area contributed by atoms with Crippen LogP contribution in [0.15, 0.2) is 66.7 Å². The lowest BCUT2D eigenvalue weighted by Gasteiger charge is -2.39. The number of amides is 5. The van der Waals surface area contributed by atoms with E-state index in [2.05, 4.69) is 20.9 Å². The summed E-state index contributed by atoms with van der Waals surface area (Å²) in [6.07, 6.45) is 3.37. The molecule has 11 heteroatoms. The predicted molar refractivity (Wildman–Crippen MR) is 177 cm³/mol. The van der Waals surface area contributed by atoms with E-state index in [0.717, 1.165) is 43.1 Å². The fourth-order valence-corrected chi connectivity index (χ4v) is 5.78. The summed E-state index contributed by atoms with van der Waals surface area (Å²) in [6, 6.07) is 17.5. The van der Waals surface area contributed by atoms with Gasteiger partial charge in [0.25, 0.3) is 5.91 Å². The van der Waals surface area contributed by atoms with Gasteiger partial charge >= 0.3 is 6.03 Å². The van der Waals surface area contributed by atoms with E-state index in [-0.39, 0.29) is 30.7 Å². The average Bonchev–Trinajstić information content (AvgIpc) is 3.02. The van der Waals surface area contributed by atoms with Crippen LogP contribution in [0.25, 0.3) is 10.9 Å². The number of para-hydroxylation sites is 1. The van der Waals surface area contributed by atoms with Crippen molar-refractivity contribution in [3.8, 4) is 0 Å². The molecule has 2 aromatic carbocycles. The molecule has 46 heavy (non-hydrogen) atoms. The summed E-state index contributed by atoms with van der Waals surface area (Å²) in [6.45, 7) is 5.69. The molecule has 1 saturated carbocycles. The zero-order valence-electron chi connectivity index (χ0n) is 26.9. The summed E-state index contributed by atoms with van der Waals surface area (Å²) in [5.74, 6) is -2.11. The Morgan fingerprint density at radius 3 is 2.28 bits per heavy atom. The van der Waals surface area contributed by atoms with Gasteiger partial charge in [0.2, 0.25) is 11.8 Å². The van der Waals surface area contributed by atoms with Crippen LogP contribution < -0.4 is 21.7 Å². The number of carbonyl (C=O) groups is 4. The third-order valence-electron chi connectivity index (χ3n) is 8.09. The van der Waals surface area contributed by atoms with Gasteiger partial charge in [0.05, 0.1) is 30.6 Å². The van der Waals surface area contributed by atoms with E-state index in [1.165, 1.54) is 0 Å². The maximum absolute atomic E-state index is 13.7. The molecule has 4 rings (SSSR count). The summed E-state index contributed by atoms with van der Waals surface area (Å²) < 4.78 is 0. The van der Waals surface area contributed by atoms with Gasteiger partial charge in [0, 0.05) is 17.0 Å². The van der Waals surface area contributed by atoms with Crippen LogP contribution in [0, 0.1) is 0 Å². The highest BCUT2D eigenvalue weighted by Crippen LogP contribution is 2.24. The van der Waals surface area contributed by atoms with Crippen LogP contribution in [0.3, 0.4) is 0 Å². The second kappa shape index (κ2) is 15.7. The highest BCUT2D eigenvalue weighted by molar-refractivity contribution is 5.99. The zero-order valence-corrected chi connectivity index (χ0v) is 26.9. The molecule has 1 aliphatic rings. The standard InChI is InChI=1S/C35H46N6O5/c1-35(2,3)40-34(46)41(25-15-8-5-9-16-25)22-30(42)28(20-23-12-6-4-7-13-23)38-33(45)29(21-31(36)43)39-32(44)27-19-18-24-14-10-11-17-26(24)37-27/h4,6-7,10-14,17-19,25,28-30,42H,5,8-9,15-16,20-22H2,1-3H3,(H2,36,43)(H,38,45)(H,39,44)(H,40,46)/t28-,29-,30?/m0/s1. The van der Waals surface area contributed by atoms with Crippen molar-refractivity contribution >= 4 is 34.7 Å². The van der Waals surface area contributed by atoms with E-state index in [1.54, 1.807) is 29.2 Å². The Hall–Kier alpha value is -4.51. The van der Waals surface area contributed by atoms with Gasteiger partial charge in [0.15, 0.2) is 0 Å². The summed E-state index contributed by atoms with van der Waals surface area (Å²) >= 11 is 0. The van der Waals surface area contributed by atoms with Crippen LogP contribution in [-0.2, 0) is 16.0 Å². The molecule has 11 nitrogen and oxygen atoms in total. The number of benzene rings is 2. The maximum atomic E-state index is 13.7. The number of hydrogen-bond donors (Lipinski definition) is 5. The van der Waals surface area contributed by atoms with Crippen molar-refractivity contribution in [1.29, 1.82) is 0 Å². The number of aromatic nitrogens is 1. The smallest absolute Gasteiger partial charge is 0.318 e. The summed E-state index contributed by atoms with van der Waals surface area (Å²) in [5, 5.41) is 21.0. The number of aliphatic hydroxyl groups is 1. The molecular formula is C35H46N6O5. The summed E-state index contributed by atoms with van der Waals surface area (Å²) in [7, 11) is 0. The molecule has 1 heterocycles. The molecule has 6 N–H and O–H groups in total. The lowest BCUT2D eigenvalue weighted by atomic mass is 9.93. The van der Waals surface area contributed by atoms with Crippen molar-refractivity contribution < 1.29 is 24.3 Å². The molecule has 1 fully saturated rings. The van der Waals surface area contributed by atoms with Crippen molar-refractivity contribution in [2.75, 3.05) is 6.54 Å². The number of pyridine rings is 1. The third-order valence-corrected chi connectivity index (χ3v) is 8.09. The fraction of sp³-hybridized carbons (Fsp3) is 0.457. The minimum absolute atomic E-state index is 0.0157. The van der Waals surface area contributed by atoms with Crippen molar-refractivity contribution in [3.63, 3.8) is 0 Å². The quantitative estimate of drug-likeness (QED) is 0.206. The Labute approximate surface area is 270 Å². The monoisotopic (exact) mass is 630 g/mol. The number of nitrogens with two attached hydrogens (primary N) is 1. The molecule has 5 amide bonds. The Balaban J connectivity index is 1.56. The van der Waals surface area contributed by atoms with Crippen molar-refractivity contribution in [2.24, 2.45) is 5.73 Å². The number of rotatable bonds is 12. The molecule has 0 saturated heterocycles. The van der Waals surface area contributed by atoms with Gasteiger partial charge in [0.1, 0.15) is 11.7 Å². The molecule has 1 unspecified atom stereocenters. The topological polar surface area (TPSA) is 167 Å². The first-order valence-corrected chi connectivity index (χ1v) is 16.0. The number of carbonyl (C=O) groups excluding carboxylic acids is 4.